The second kappa shape index (κ2) is 15.4. The minimum Gasteiger partial charge on any atom is -0.483 e. The maximum absolute atomic E-state index is 12.3. The number of rotatable bonds is 2. The molecule has 2 aliphatic rings. The van der Waals surface area contributed by atoms with E-state index in [1.54, 1.807) is 17.2 Å². The Morgan fingerprint density at radius 1 is 0.891 bits per heavy atom. The Hall–Kier alpha value is -4.14. The van der Waals surface area contributed by atoms with Crippen LogP contribution in [0.2, 0.25) is 10.3 Å². The van der Waals surface area contributed by atoms with Crippen molar-refractivity contribution in [2.24, 2.45) is 0 Å². The average Bonchev–Trinajstić information content (AvgIpc) is 3.02. The molecular formula is C30H36Cl2N8O6. The van der Waals surface area contributed by atoms with Crippen molar-refractivity contribution in [3.05, 3.63) is 67.2 Å². The highest BCUT2D eigenvalue weighted by Crippen LogP contribution is 2.27. The van der Waals surface area contributed by atoms with Crippen LogP contribution in [0.15, 0.2) is 34.1 Å². The molecule has 1 amide bonds. The third-order valence-electron chi connectivity index (χ3n) is 7.41. The van der Waals surface area contributed by atoms with Gasteiger partial charge in [-0.15, -0.1) is 0 Å². The summed E-state index contributed by atoms with van der Waals surface area (Å²) in [6.45, 7) is 8.36. The first-order valence-electron chi connectivity index (χ1n) is 14.8. The molecule has 14 nitrogen and oxygen atoms in total. The van der Waals surface area contributed by atoms with E-state index >= 15 is 0 Å². The van der Waals surface area contributed by atoms with Gasteiger partial charge in [0.25, 0.3) is 17.6 Å². The molecule has 6 rings (SSSR count). The van der Waals surface area contributed by atoms with Crippen LogP contribution >= 0.6 is 23.2 Å². The molecule has 46 heavy (non-hydrogen) atoms. The SMILES string of the molecule is CC(C)(C)OC(=O)N1CCC(c2nc3cnc(Cl)cc3c(=O)[nH]2)CC1.O=CO.O=c1[nH]c(C2CCNCC2)nc2cnc(Cl)cc12. The molecule has 0 bridgehead atoms. The Bertz CT molecular complexity index is 1790. The molecule has 0 unspecified atom stereocenters. The summed E-state index contributed by atoms with van der Waals surface area (Å²) >= 11 is 11.6. The molecule has 0 aliphatic carbocycles. The number of ether oxygens (including phenoxy) is 1. The number of pyridine rings is 2. The normalized spacial score (nSPS) is 15.8. The van der Waals surface area contributed by atoms with Crippen LogP contribution in [-0.4, -0.2) is 84.3 Å². The molecule has 0 spiro atoms. The molecule has 2 aliphatic heterocycles. The summed E-state index contributed by atoms with van der Waals surface area (Å²) in [5, 5.41) is 11.7. The molecular weight excluding hydrogens is 639 g/mol. The molecule has 0 atom stereocenters. The second-order valence-electron chi connectivity index (χ2n) is 11.8. The van der Waals surface area contributed by atoms with Gasteiger partial charge < -0.3 is 30.0 Å². The maximum atomic E-state index is 12.3. The first-order valence-corrected chi connectivity index (χ1v) is 15.5. The smallest absolute Gasteiger partial charge is 0.410 e. The lowest BCUT2D eigenvalue weighted by molar-refractivity contribution is -0.122. The predicted molar refractivity (Wildman–Crippen MR) is 174 cm³/mol. The summed E-state index contributed by atoms with van der Waals surface area (Å²) in [7, 11) is 0. The Balaban J connectivity index is 0.000000201. The number of carbonyl (C=O) groups excluding carboxylic acids is 1. The van der Waals surface area contributed by atoms with Gasteiger partial charge in [0.2, 0.25) is 0 Å². The first-order chi connectivity index (χ1) is 21.9. The summed E-state index contributed by atoms with van der Waals surface area (Å²) < 4.78 is 5.40. The summed E-state index contributed by atoms with van der Waals surface area (Å²) in [6.07, 6.45) is 6.18. The zero-order chi connectivity index (χ0) is 33.4. The van der Waals surface area contributed by atoms with Crippen molar-refractivity contribution in [1.29, 1.82) is 0 Å². The monoisotopic (exact) mass is 674 g/mol. The Morgan fingerprint density at radius 2 is 1.33 bits per heavy atom. The highest BCUT2D eigenvalue weighted by Gasteiger charge is 2.28. The van der Waals surface area contributed by atoms with E-state index < -0.39 is 5.60 Å². The fourth-order valence-corrected chi connectivity index (χ4v) is 5.53. The van der Waals surface area contributed by atoms with Gasteiger partial charge in [0.1, 0.15) is 27.6 Å². The largest absolute Gasteiger partial charge is 0.483 e. The predicted octanol–water partition coefficient (Wildman–Crippen LogP) is 4.23. The van der Waals surface area contributed by atoms with Crippen LogP contribution in [0, 0.1) is 0 Å². The molecule has 246 valence electrons. The summed E-state index contributed by atoms with van der Waals surface area (Å²) in [5.41, 5.74) is 0.263. The van der Waals surface area contributed by atoms with Crippen molar-refractivity contribution < 1.29 is 19.4 Å². The highest BCUT2D eigenvalue weighted by molar-refractivity contribution is 6.30. The van der Waals surface area contributed by atoms with Crippen molar-refractivity contribution in [1.82, 2.24) is 40.1 Å². The average molecular weight is 676 g/mol. The number of H-pyrrole nitrogens is 2. The number of hydrogen-bond acceptors (Lipinski definition) is 10. The molecule has 4 aromatic rings. The number of piperidine rings is 2. The third-order valence-corrected chi connectivity index (χ3v) is 7.83. The van der Waals surface area contributed by atoms with Crippen LogP contribution in [0.5, 0.6) is 0 Å². The lowest BCUT2D eigenvalue weighted by Crippen LogP contribution is -2.41. The summed E-state index contributed by atoms with van der Waals surface area (Å²) in [4.78, 5) is 69.1. The van der Waals surface area contributed by atoms with Crippen LogP contribution in [0.1, 0.15) is 69.9 Å². The van der Waals surface area contributed by atoms with Crippen molar-refractivity contribution in [2.45, 2.75) is 63.9 Å². The molecule has 0 aromatic carbocycles. The molecule has 2 saturated heterocycles. The van der Waals surface area contributed by atoms with Gasteiger partial charge in [0.05, 0.1) is 34.2 Å². The van der Waals surface area contributed by atoms with Gasteiger partial charge in [0, 0.05) is 24.9 Å². The molecule has 16 heteroatoms. The number of amides is 1. The maximum Gasteiger partial charge on any atom is 0.410 e. The van der Waals surface area contributed by atoms with E-state index in [0.29, 0.717) is 64.6 Å². The van der Waals surface area contributed by atoms with E-state index in [1.165, 1.54) is 12.3 Å². The van der Waals surface area contributed by atoms with Crippen LogP contribution in [0.25, 0.3) is 21.8 Å². The van der Waals surface area contributed by atoms with Crippen LogP contribution < -0.4 is 16.4 Å². The number of likely N-dealkylation sites (tertiary alicyclic amines) is 1. The van der Waals surface area contributed by atoms with Crippen molar-refractivity contribution >= 4 is 57.6 Å². The number of carboxylic acid groups (broad SMARTS) is 1. The fraction of sp³-hybridized carbons (Fsp3) is 0.467. The third kappa shape index (κ3) is 9.21. The lowest BCUT2D eigenvalue weighted by Gasteiger charge is -2.33. The number of nitrogens with zero attached hydrogens (tertiary/aromatic N) is 5. The Labute approximate surface area is 273 Å². The van der Waals surface area contributed by atoms with E-state index in [4.69, 9.17) is 37.8 Å². The number of aromatic nitrogens is 6. The summed E-state index contributed by atoms with van der Waals surface area (Å²) in [5.74, 6) is 1.80. The van der Waals surface area contributed by atoms with Crippen LogP contribution in [-0.2, 0) is 9.53 Å². The van der Waals surface area contributed by atoms with Gasteiger partial charge in [0.15, 0.2) is 0 Å². The van der Waals surface area contributed by atoms with Gasteiger partial charge >= 0.3 is 6.09 Å². The van der Waals surface area contributed by atoms with Crippen LogP contribution in [0.4, 0.5) is 4.79 Å². The molecule has 4 N–H and O–H groups in total. The van der Waals surface area contributed by atoms with Gasteiger partial charge in [-0.25, -0.2) is 24.7 Å². The van der Waals surface area contributed by atoms with Gasteiger partial charge in [-0.2, -0.15) is 0 Å². The fourth-order valence-electron chi connectivity index (χ4n) is 5.21. The molecule has 2 fully saturated rings. The van der Waals surface area contributed by atoms with Crippen molar-refractivity contribution in [3.63, 3.8) is 0 Å². The second-order valence-corrected chi connectivity index (χ2v) is 12.6. The minimum atomic E-state index is -0.507. The van der Waals surface area contributed by atoms with E-state index in [-0.39, 0.29) is 34.8 Å². The number of nitrogens with one attached hydrogen (secondary N) is 3. The zero-order valence-electron chi connectivity index (χ0n) is 25.7. The number of aromatic amines is 2. The van der Waals surface area contributed by atoms with E-state index in [1.807, 2.05) is 20.8 Å². The molecule has 4 aromatic heterocycles. The molecule has 0 saturated carbocycles. The zero-order valence-corrected chi connectivity index (χ0v) is 27.2. The van der Waals surface area contributed by atoms with E-state index in [9.17, 15) is 14.4 Å². The van der Waals surface area contributed by atoms with E-state index in [0.717, 1.165) is 31.8 Å². The topological polar surface area (TPSA) is 196 Å². The highest BCUT2D eigenvalue weighted by atomic mass is 35.5. The standard InChI is InChI=1S/C17H21ClN4O3.C12H13ClN4O.CH2O2/c1-17(2,3)25-16(24)22-6-4-10(5-7-22)14-20-12-9-19-13(18)8-11(12)15(23)21-14;13-10-5-8-9(6-15-10)16-11(17-12(8)18)7-1-3-14-4-2-7;2-1-3/h8-10H,4-7H2,1-3H3,(H,20,21,23);5-7,14H,1-4H2,(H,16,17,18);1H,(H,2,3). The first kappa shape index (κ1) is 34.7. The van der Waals surface area contributed by atoms with E-state index in [2.05, 4.69) is 35.2 Å². The minimum absolute atomic E-state index is 0.0893. The Kier molecular flexibility index (Phi) is 11.7. The number of halogens is 2. The lowest BCUT2D eigenvalue weighted by atomic mass is 9.96. The summed E-state index contributed by atoms with van der Waals surface area (Å²) in [6, 6.07) is 3.06. The van der Waals surface area contributed by atoms with Crippen LogP contribution in [0.3, 0.4) is 0 Å². The molecule has 6 heterocycles. The van der Waals surface area contributed by atoms with Crippen molar-refractivity contribution in [3.8, 4) is 0 Å². The Morgan fingerprint density at radius 3 is 1.76 bits per heavy atom. The van der Waals surface area contributed by atoms with Gasteiger partial charge in [-0.3, -0.25) is 14.4 Å². The molecule has 0 radical (unpaired) electrons. The van der Waals surface area contributed by atoms with Gasteiger partial charge in [-0.1, -0.05) is 23.2 Å². The van der Waals surface area contributed by atoms with Gasteiger partial charge in [-0.05, 0) is 71.7 Å². The van der Waals surface area contributed by atoms with Crippen molar-refractivity contribution in [2.75, 3.05) is 26.2 Å². The number of carbonyl (C=O) groups is 2. The quantitative estimate of drug-likeness (QED) is 0.175. The number of fused-ring (bicyclic) bond motifs is 2. The number of hydrogen-bond donors (Lipinski definition) is 4.